The summed E-state index contributed by atoms with van der Waals surface area (Å²) in [5, 5.41) is 6.92. The third-order valence-electron chi connectivity index (χ3n) is 5.54. The molecule has 2 aromatic rings. The van der Waals surface area contributed by atoms with Crippen LogP contribution in [0, 0.1) is 0 Å². The molecule has 1 heterocycles. The van der Waals surface area contributed by atoms with Crippen LogP contribution in [0.3, 0.4) is 0 Å². The fourth-order valence-electron chi connectivity index (χ4n) is 3.70. The first-order valence-electron chi connectivity index (χ1n) is 10.8. The standard InChI is InChI=1S/C24H34N4O3.HI/c1-25-24(26-13-12-19-4-8-21(29-2)9-5-19)27-18-23(28-14-16-31-17-15-28)20-6-10-22(30-3)11-7-20;/h4-11,23H,12-18H2,1-3H3,(H2,25,26,27);1H. The van der Waals surface area contributed by atoms with Gasteiger partial charge in [-0.25, -0.2) is 0 Å². The van der Waals surface area contributed by atoms with E-state index in [0.717, 1.165) is 63.3 Å². The number of nitrogens with zero attached hydrogens (tertiary/aromatic N) is 2. The second-order valence-electron chi connectivity index (χ2n) is 7.42. The monoisotopic (exact) mass is 554 g/mol. The predicted octanol–water partition coefficient (Wildman–Crippen LogP) is 3.10. The molecule has 2 N–H and O–H groups in total. The maximum atomic E-state index is 5.55. The van der Waals surface area contributed by atoms with Gasteiger partial charge in [0.1, 0.15) is 11.5 Å². The van der Waals surface area contributed by atoms with Crippen LogP contribution in [0.1, 0.15) is 17.2 Å². The molecule has 3 rings (SSSR count). The van der Waals surface area contributed by atoms with Crippen molar-refractivity contribution >= 4 is 29.9 Å². The fourth-order valence-corrected chi connectivity index (χ4v) is 3.70. The molecule has 1 atom stereocenters. The maximum absolute atomic E-state index is 5.55. The van der Waals surface area contributed by atoms with Crippen molar-refractivity contribution in [2.45, 2.75) is 12.5 Å². The van der Waals surface area contributed by atoms with Gasteiger partial charge in [-0.3, -0.25) is 9.89 Å². The van der Waals surface area contributed by atoms with Gasteiger partial charge in [0.25, 0.3) is 0 Å². The maximum Gasteiger partial charge on any atom is 0.191 e. The van der Waals surface area contributed by atoms with Crippen LogP contribution in [-0.2, 0) is 11.2 Å². The van der Waals surface area contributed by atoms with Crippen molar-refractivity contribution in [1.82, 2.24) is 15.5 Å². The summed E-state index contributed by atoms with van der Waals surface area (Å²) < 4.78 is 16.1. The largest absolute Gasteiger partial charge is 0.497 e. The van der Waals surface area contributed by atoms with Crippen molar-refractivity contribution in [1.29, 1.82) is 0 Å². The number of hydrogen-bond donors (Lipinski definition) is 2. The number of ether oxygens (including phenoxy) is 3. The second-order valence-corrected chi connectivity index (χ2v) is 7.42. The Bertz CT molecular complexity index is 809. The minimum Gasteiger partial charge on any atom is -0.497 e. The van der Waals surface area contributed by atoms with Gasteiger partial charge in [0, 0.05) is 33.2 Å². The van der Waals surface area contributed by atoms with Gasteiger partial charge in [0.05, 0.1) is 33.5 Å². The second kappa shape index (κ2) is 14.2. The van der Waals surface area contributed by atoms with Gasteiger partial charge in [0.2, 0.25) is 0 Å². The molecule has 2 aromatic carbocycles. The molecule has 0 spiro atoms. The van der Waals surface area contributed by atoms with Gasteiger partial charge in [-0.1, -0.05) is 24.3 Å². The molecular weight excluding hydrogens is 519 g/mol. The van der Waals surface area contributed by atoms with Gasteiger partial charge in [-0.05, 0) is 41.8 Å². The first kappa shape index (κ1) is 26.2. The fraction of sp³-hybridized carbons (Fsp3) is 0.458. The molecular formula is C24H35IN4O3. The highest BCUT2D eigenvalue weighted by atomic mass is 127. The molecule has 176 valence electrons. The van der Waals surface area contributed by atoms with Crippen molar-refractivity contribution < 1.29 is 14.2 Å². The minimum absolute atomic E-state index is 0. The summed E-state index contributed by atoms with van der Waals surface area (Å²) in [5.41, 5.74) is 2.51. The molecule has 1 unspecified atom stereocenters. The summed E-state index contributed by atoms with van der Waals surface area (Å²) in [6.07, 6.45) is 0.913. The number of morpholine rings is 1. The van der Waals surface area contributed by atoms with E-state index in [1.54, 1.807) is 21.3 Å². The molecule has 0 saturated carbocycles. The Morgan fingerprint density at radius 3 is 2.12 bits per heavy atom. The van der Waals surface area contributed by atoms with Crippen molar-refractivity contribution in [3.8, 4) is 11.5 Å². The lowest BCUT2D eigenvalue weighted by Crippen LogP contribution is -2.46. The Morgan fingerprint density at radius 1 is 0.969 bits per heavy atom. The van der Waals surface area contributed by atoms with E-state index >= 15 is 0 Å². The molecule has 8 heteroatoms. The van der Waals surface area contributed by atoms with Gasteiger partial charge in [-0.2, -0.15) is 0 Å². The Kier molecular flexibility index (Phi) is 11.6. The molecule has 0 bridgehead atoms. The highest BCUT2D eigenvalue weighted by molar-refractivity contribution is 14.0. The molecule has 1 aliphatic rings. The molecule has 7 nitrogen and oxygen atoms in total. The summed E-state index contributed by atoms with van der Waals surface area (Å²) in [5.74, 6) is 2.55. The minimum atomic E-state index is 0. The van der Waals surface area contributed by atoms with Crippen LogP contribution < -0.4 is 20.1 Å². The van der Waals surface area contributed by atoms with E-state index in [1.807, 2.05) is 24.3 Å². The van der Waals surface area contributed by atoms with Crippen LogP contribution in [0.5, 0.6) is 11.5 Å². The van der Waals surface area contributed by atoms with E-state index in [2.05, 4.69) is 44.8 Å². The summed E-state index contributed by atoms with van der Waals surface area (Å²) >= 11 is 0. The summed E-state index contributed by atoms with van der Waals surface area (Å²) in [6, 6.07) is 16.7. The van der Waals surface area contributed by atoms with E-state index in [1.165, 1.54) is 11.1 Å². The number of aliphatic imine (C=N–C) groups is 1. The zero-order chi connectivity index (χ0) is 21.9. The Labute approximate surface area is 208 Å². The molecule has 1 aliphatic heterocycles. The molecule has 1 fully saturated rings. The van der Waals surface area contributed by atoms with Crippen LogP contribution >= 0.6 is 24.0 Å². The first-order chi connectivity index (χ1) is 15.2. The quantitative estimate of drug-likeness (QED) is 0.282. The number of halogens is 1. The molecule has 0 aliphatic carbocycles. The molecule has 0 aromatic heterocycles. The number of nitrogens with one attached hydrogen (secondary N) is 2. The van der Waals surface area contributed by atoms with Crippen LogP contribution in [0.4, 0.5) is 0 Å². The summed E-state index contributed by atoms with van der Waals surface area (Å²) in [7, 11) is 5.18. The van der Waals surface area contributed by atoms with Gasteiger partial charge in [0.15, 0.2) is 5.96 Å². The average Bonchev–Trinajstić information content (AvgIpc) is 2.84. The van der Waals surface area contributed by atoms with Gasteiger partial charge >= 0.3 is 0 Å². The third-order valence-corrected chi connectivity index (χ3v) is 5.54. The normalized spacial score (nSPS) is 15.4. The smallest absolute Gasteiger partial charge is 0.191 e. The lowest BCUT2D eigenvalue weighted by Gasteiger charge is -2.35. The molecule has 32 heavy (non-hydrogen) atoms. The Balaban J connectivity index is 0.00000363. The van der Waals surface area contributed by atoms with Crippen LogP contribution in [0.25, 0.3) is 0 Å². The topological polar surface area (TPSA) is 67.4 Å². The number of rotatable bonds is 9. The Hall–Kier alpha value is -2.04. The van der Waals surface area contributed by atoms with Crippen molar-refractivity contribution in [3.63, 3.8) is 0 Å². The van der Waals surface area contributed by atoms with Crippen molar-refractivity contribution in [3.05, 3.63) is 59.7 Å². The zero-order valence-electron chi connectivity index (χ0n) is 19.2. The van der Waals surface area contributed by atoms with E-state index < -0.39 is 0 Å². The number of benzene rings is 2. The zero-order valence-corrected chi connectivity index (χ0v) is 21.5. The highest BCUT2D eigenvalue weighted by Gasteiger charge is 2.23. The van der Waals surface area contributed by atoms with Crippen LogP contribution in [0.2, 0.25) is 0 Å². The summed E-state index contributed by atoms with van der Waals surface area (Å²) in [4.78, 5) is 6.86. The number of hydrogen-bond acceptors (Lipinski definition) is 5. The summed E-state index contributed by atoms with van der Waals surface area (Å²) in [6.45, 7) is 4.93. The van der Waals surface area contributed by atoms with Crippen molar-refractivity contribution in [2.75, 3.05) is 60.7 Å². The van der Waals surface area contributed by atoms with Crippen LogP contribution in [0.15, 0.2) is 53.5 Å². The van der Waals surface area contributed by atoms with E-state index in [0.29, 0.717) is 0 Å². The lowest BCUT2D eigenvalue weighted by atomic mass is 10.0. The van der Waals surface area contributed by atoms with E-state index in [-0.39, 0.29) is 30.0 Å². The predicted molar refractivity (Wildman–Crippen MR) is 140 cm³/mol. The van der Waals surface area contributed by atoms with E-state index in [9.17, 15) is 0 Å². The molecule has 0 amide bonds. The van der Waals surface area contributed by atoms with Crippen molar-refractivity contribution in [2.24, 2.45) is 4.99 Å². The number of methoxy groups -OCH3 is 2. The molecule has 0 radical (unpaired) electrons. The number of guanidine groups is 1. The SMILES string of the molecule is CN=C(NCCc1ccc(OC)cc1)NCC(c1ccc(OC)cc1)N1CCOCC1.I. The lowest BCUT2D eigenvalue weighted by molar-refractivity contribution is 0.0170. The Morgan fingerprint density at radius 2 is 1.56 bits per heavy atom. The highest BCUT2D eigenvalue weighted by Crippen LogP contribution is 2.23. The van der Waals surface area contributed by atoms with Gasteiger partial charge in [-0.15, -0.1) is 24.0 Å². The van der Waals surface area contributed by atoms with Crippen LogP contribution in [-0.4, -0.2) is 71.5 Å². The molecule has 1 saturated heterocycles. The van der Waals surface area contributed by atoms with Gasteiger partial charge < -0.3 is 24.8 Å². The first-order valence-corrected chi connectivity index (χ1v) is 10.8. The van der Waals surface area contributed by atoms with E-state index in [4.69, 9.17) is 14.2 Å². The average molecular weight is 554 g/mol. The third kappa shape index (κ3) is 7.83.